The minimum Gasteiger partial charge on any atom is -0.438 e. The van der Waals surface area contributed by atoms with E-state index in [1.54, 1.807) is 36.5 Å². The second kappa shape index (κ2) is 8.21. The van der Waals surface area contributed by atoms with Gasteiger partial charge in [0.25, 0.3) is 5.91 Å². The molecule has 0 unspecified atom stereocenters. The van der Waals surface area contributed by atoms with Gasteiger partial charge in [-0.2, -0.15) is 4.98 Å². The van der Waals surface area contributed by atoms with Gasteiger partial charge >= 0.3 is 0 Å². The van der Waals surface area contributed by atoms with E-state index in [0.29, 0.717) is 29.6 Å². The van der Waals surface area contributed by atoms with Gasteiger partial charge in [0.15, 0.2) is 0 Å². The molecule has 1 aromatic heterocycles. The van der Waals surface area contributed by atoms with Crippen LogP contribution in [0, 0.1) is 0 Å². The number of nitrogens with zero attached hydrogens (tertiary/aromatic N) is 3. The molecule has 7 heteroatoms. The number of para-hydroxylation sites is 1. The van der Waals surface area contributed by atoms with E-state index >= 15 is 0 Å². The maximum Gasteiger partial charge on any atom is 0.252 e. The molecule has 0 aliphatic rings. The second-order valence-electron chi connectivity index (χ2n) is 5.25. The number of benzene rings is 1. The maximum absolute atomic E-state index is 11.4. The largest absolute Gasteiger partial charge is 0.438 e. The molecule has 3 N–H and O–H groups in total. The summed E-state index contributed by atoms with van der Waals surface area (Å²) in [6.07, 6.45) is 1.62. The van der Waals surface area contributed by atoms with Crippen molar-refractivity contribution in [2.24, 2.45) is 5.73 Å². The molecule has 0 atom stereocenters. The molecule has 0 fully saturated rings. The van der Waals surface area contributed by atoms with Crippen LogP contribution in [0.3, 0.4) is 0 Å². The predicted octanol–water partition coefficient (Wildman–Crippen LogP) is 1.02. The molecule has 1 amide bonds. The fourth-order valence-corrected chi connectivity index (χ4v) is 1.90. The first-order chi connectivity index (χ1) is 11.1. The lowest BCUT2D eigenvalue weighted by Crippen LogP contribution is -2.26. The Morgan fingerprint density at radius 2 is 2.09 bits per heavy atom. The maximum atomic E-state index is 11.4. The molecule has 1 heterocycles. The van der Waals surface area contributed by atoms with E-state index in [4.69, 9.17) is 10.5 Å². The van der Waals surface area contributed by atoms with Crippen LogP contribution < -0.4 is 15.8 Å². The quantitative estimate of drug-likeness (QED) is 0.706. The number of carbonyl (C=O) groups excluding carboxylic acids is 1. The van der Waals surface area contributed by atoms with E-state index in [2.05, 4.69) is 20.2 Å². The molecule has 0 radical (unpaired) electrons. The van der Waals surface area contributed by atoms with Crippen LogP contribution in [0.1, 0.15) is 16.2 Å². The molecule has 2 rings (SSSR count). The molecule has 0 spiro atoms. The molecular formula is C16H21N5O2. The number of nitrogens with two attached hydrogens (primary N) is 1. The first-order valence-electron chi connectivity index (χ1n) is 7.30. The fourth-order valence-electron chi connectivity index (χ4n) is 1.90. The highest BCUT2D eigenvalue weighted by atomic mass is 16.5. The number of aromatic nitrogens is 2. The summed E-state index contributed by atoms with van der Waals surface area (Å²) in [5.41, 5.74) is 5.65. The van der Waals surface area contributed by atoms with Gasteiger partial charge in [-0.15, -0.1) is 0 Å². The number of hydrogen-bond donors (Lipinski definition) is 2. The van der Waals surface area contributed by atoms with Crippen molar-refractivity contribution in [3.63, 3.8) is 0 Å². The molecule has 0 aliphatic carbocycles. The van der Waals surface area contributed by atoms with E-state index in [-0.39, 0.29) is 0 Å². The van der Waals surface area contributed by atoms with Crippen LogP contribution in [0.5, 0.6) is 11.6 Å². The predicted molar refractivity (Wildman–Crippen MR) is 87.3 cm³/mol. The van der Waals surface area contributed by atoms with Gasteiger partial charge in [-0.3, -0.25) is 4.79 Å². The zero-order chi connectivity index (χ0) is 16.7. The zero-order valence-electron chi connectivity index (χ0n) is 13.3. The summed E-state index contributed by atoms with van der Waals surface area (Å²) in [5.74, 6) is 0.835. The van der Waals surface area contributed by atoms with Gasteiger partial charge in [0, 0.05) is 25.4 Å². The molecule has 7 nitrogen and oxygen atoms in total. The lowest BCUT2D eigenvalue weighted by molar-refractivity contribution is 0.0998. The monoisotopic (exact) mass is 315 g/mol. The number of likely N-dealkylation sites (N-methyl/N-ethyl adjacent to an activating group) is 1. The molecule has 0 bridgehead atoms. The van der Waals surface area contributed by atoms with Gasteiger partial charge in [0.1, 0.15) is 11.6 Å². The van der Waals surface area contributed by atoms with Gasteiger partial charge in [0.05, 0.1) is 12.1 Å². The number of primary amides is 1. The molecule has 0 aliphatic heterocycles. The third-order valence-electron chi connectivity index (χ3n) is 3.07. The van der Waals surface area contributed by atoms with E-state index in [9.17, 15) is 4.79 Å². The van der Waals surface area contributed by atoms with E-state index < -0.39 is 5.91 Å². The Labute approximate surface area is 135 Å². The van der Waals surface area contributed by atoms with Crippen molar-refractivity contribution in [2.45, 2.75) is 6.54 Å². The fraction of sp³-hybridized carbons (Fsp3) is 0.312. The van der Waals surface area contributed by atoms with Gasteiger partial charge in [-0.05, 0) is 26.2 Å². The summed E-state index contributed by atoms with van der Waals surface area (Å²) < 4.78 is 5.67. The zero-order valence-corrected chi connectivity index (χ0v) is 13.3. The van der Waals surface area contributed by atoms with Crippen molar-refractivity contribution in [3.8, 4) is 11.6 Å². The normalized spacial score (nSPS) is 10.7. The number of amides is 1. The molecule has 0 saturated carbocycles. The second-order valence-corrected chi connectivity index (χ2v) is 5.25. The highest BCUT2D eigenvalue weighted by molar-refractivity contribution is 5.95. The Kier molecular flexibility index (Phi) is 6.02. The van der Waals surface area contributed by atoms with Crippen molar-refractivity contribution >= 4 is 5.91 Å². The Morgan fingerprint density at radius 1 is 1.30 bits per heavy atom. The molecule has 23 heavy (non-hydrogen) atoms. The third kappa shape index (κ3) is 5.32. The SMILES string of the molecule is CN(C)CCNCc1nccc(Oc2ccccc2C(N)=O)n1. The Morgan fingerprint density at radius 3 is 2.83 bits per heavy atom. The topological polar surface area (TPSA) is 93.4 Å². The average molecular weight is 315 g/mol. The number of ether oxygens (including phenoxy) is 1. The van der Waals surface area contributed by atoms with Crippen molar-refractivity contribution in [1.29, 1.82) is 0 Å². The lowest BCUT2D eigenvalue weighted by Gasteiger charge is -2.11. The van der Waals surface area contributed by atoms with Crippen molar-refractivity contribution < 1.29 is 9.53 Å². The van der Waals surface area contributed by atoms with Crippen LogP contribution >= 0.6 is 0 Å². The van der Waals surface area contributed by atoms with E-state index in [0.717, 1.165) is 13.1 Å². The van der Waals surface area contributed by atoms with E-state index in [1.807, 2.05) is 14.1 Å². The summed E-state index contributed by atoms with van der Waals surface area (Å²) >= 11 is 0. The van der Waals surface area contributed by atoms with Crippen molar-refractivity contribution in [3.05, 3.63) is 47.9 Å². The minimum atomic E-state index is -0.541. The van der Waals surface area contributed by atoms with Crippen molar-refractivity contribution in [1.82, 2.24) is 20.2 Å². The van der Waals surface area contributed by atoms with Crippen LogP contribution in [0.4, 0.5) is 0 Å². The summed E-state index contributed by atoms with van der Waals surface area (Å²) in [6.45, 7) is 2.32. The van der Waals surface area contributed by atoms with Crippen LogP contribution in [-0.4, -0.2) is 48.0 Å². The first-order valence-corrected chi connectivity index (χ1v) is 7.30. The highest BCUT2D eigenvalue weighted by Crippen LogP contribution is 2.23. The Hall–Kier alpha value is -2.51. The molecule has 122 valence electrons. The van der Waals surface area contributed by atoms with Crippen LogP contribution in [0.15, 0.2) is 36.5 Å². The van der Waals surface area contributed by atoms with Crippen LogP contribution in [0.25, 0.3) is 0 Å². The average Bonchev–Trinajstić information content (AvgIpc) is 2.52. The molecule has 0 saturated heterocycles. The van der Waals surface area contributed by atoms with Crippen molar-refractivity contribution in [2.75, 3.05) is 27.2 Å². The van der Waals surface area contributed by atoms with Gasteiger partial charge in [-0.25, -0.2) is 4.98 Å². The minimum absolute atomic E-state index is 0.316. The van der Waals surface area contributed by atoms with Crippen LogP contribution in [0.2, 0.25) is 0 Å². The Balaban J connectivity index is 2.01. The number of rotatable bonds is 8. The summed E-state index contributed by atoms with van der Waals surface area (Å²) in [5, 5.41) is 3.26. The molecular weight excluding hydrogens is 294 g/mol. The summed E-state index contributed by atoms with van der Waals surface area (Å²) in [7, 11) is 4.03. The standard InChI is InChI=1S/C16H21N5O2/c1-21(2)10-9-18-11-14-19-8-7-15(20-14)23-13-6-4-3-5-12(13)16(17)22/h3-8,18H,9-11H2,1-2H3,(H2,17,22). The van der Waals surface area contributed by atoms with Crippen LogP contribution in [-0.2, 0) is 6.54 Å². The molecule has 2 aromatic rings. The number of nitrogens with one attached hydrogen (secondary N) is 1. The lowest BCUT2D eigenvalue weighted by atomic mass is 10.2. The van der Waals surface area contributed by atoms with E-state index in [1.165, 1.54) is 0 Å². The van der Waals surface area contributed by atoms with Gasteiger partial charge in [-0.1, -0.05) is 12.1 Å². The Bertz CT molecular complexity index is 660. The van der Waals surface area contributed by atoms with Gasteiger partial charge in [0.2, 0.25) is 5.88 Å². The number of hydrogen-bond acceptors (Lipinski definition) is 6. The molecule has 1 aromatic carbocycles. The van der Waals surface area contributed by atoms with Gasteiger partial charge < -0.3 is 20.7 Å². The summed E-state index contributed by atoms with van der Waals surface area (Å²) in [6, 6.07) is 8.43. The smallest absolute Gasteiger partial charge is 0.252 e. The number of carbonyl (C=O) groups is 1. The summed E-state index contributed by atoms with van der Waals surface area (Å²) in [4.78, 5) is 22.0. The first kappa shape index (κ1) is 16.9. The third-order valence-corrected chi connectivity index (χ3v) is 3.07. The highest BCUT2D eigenvalue weighted by Gasteiger charge is 2.10.